The molecule has 0 aliphatic rings. The van der Waals surface area contributed by atoms with E-state index in [1.165, 1.54) is 6.33 Å². The summed E-state index contributed by atoms with van der Waals surface area (Å²) < 4.78 is 2.35. The molecule has 2 N–H and O–H groups in total. The fourth-order valence-corrected chi connectivity index (χ4v) is 2.38. The highest BCUT2D eigenvalue weighted by Gasteiger charge is 2.12. The lowest BCUT2D eigenvalue weighted by atomic mass is 10.2. The first-order valence-corrected chi connectivity index (χ1v) is 6.59. The minimum atomic E-state index is 0.595. The Morgan fingerprint density at radius 1 is 1.45 bits per heavy atom. The molecule has 102 valence electrons. The number of hydrogen-bond donors (Lipinski definition) is 2. The summed E-state index contributed by atoms with van der Waals surface area (Å²) >= 11 is 3.40. The molecule has 0 bridgehead atoms. The Labute approximate surface area is 122 Å². The van der Waals surface area contributed by atoms with E-state index in [-0.39, 0.29) is 0 Å². The van der Waals surface area contributed by atoms with Gasteiger partial charge in [0.25, 0.3) is 0 Å². The molecule has 0 amide bonds. The van der Waals surface area contributed by atoms with Crippen LogP contribution in [0.4, 0.5) is 5.82 Å². The molecule has 0 aliphatic heterocycles. The molecule has 3 rings (SSSR count). The molecule has 0 fully saturated rings. The van der Waals surface area contributed by atoms with E-state index in [1.54, 1.807) is 17.1 Å². The number of aromatic amines is 1. The van der Waals surface area contributed by atoms with Gasteiger partial charge in [-0.15, -0.1) is 0 Å². The van der Waals surface area contributed by atoms with Crippen LogP contribution in [-0.2, 0) is 7.05 Å². The maximum Gasteiger partial charge on any atom is 0.164 e. The largest absolute Gasteiger partial charge is 0.285 e. The smallest absolute Gasteiger partial charge is 0.164 e. The number of nitrogens with zero attached hydrogens (tertiary/aromatic N) is 6. The first-order chi connectivity index (χ1) is 9.66. The Balaban J connectivity index is 1.98. The zero-order chi connectivity index (χ0) is 14.1. The molecule has 9 heteroatoms. The van der Waals surface area contributed by atoms with Crippen LogP contribution in [0.25, 0.3) is 11.0 Å². The highest BCUT2D eigenvalue weighted by atomic mass is 79.9. The molecule has 0 radical (unpaired) electrons. The number of rotatable bonds is 3. The summed E-state index contributed by atoms with van der Waals surface area (Å²) in [7, 11) is 1.82. The molecule has 0 saturated carbocycles. The number of fused-ring (bicyclic) bond motifs is 1. The number of aromatic nitrogens is 6. The van der Waals surface area contributed by atoms with Crippen molar-refractivity contribution in [1.82, 2.24) is 29.9 Å². The molecular weight excluding hydrogens is 324 g/mol. The summed E-state index contributed by atoms with van der Waals surface area (Å²) in [4.78, 5) is 8.39. The van der Waals surface area contributed by atoms with Gasteiger partial charge >= 0.3 is 0 Å². The average molecular weight is 335 g/mol. The minimum absolute atomic E-state index is 0.595. The first kappa shape index (κ1) is 12.7. The third kappa shape index (κ3) is 2.16. The predicted octanol–water partition coefficient (Wildman–Crippen LogP) is 1.68. The van der Waals surface area contributed by atoms with E-state index in [4.69, 9.17) is 0 Å². The number of aryl methyl sites for hydroxylation is 1. The van der Waals surface area contributed by atoms with E-state index in [1.807, 2.05) is 14.0 Å². The molecule has 0 atom stereocenters. The van der Waals surface area contributed by atoms with Crippen molar-refractivity contribution < 1.29 is 0 Å². The van der Waals surface area contributed by atoms with Crippen LogP contribution in [0, 0.1) is 0 Å². The number of halogens is 1. The molecule has 3 aromatic heterocycles. The third-order valence-electron chi connectivity index (χ3n) is 2.82. The van der Waals surface area contributed by atoms with Crippen molar-refractivity contribution in [2.75, 3.05) is 5.43 Å². The fraction of sp³-hybridized carbons (Fsp3) is 0.182. The van der Waals surface area contributed by atoms with Gasteiger partial charge in [0.15, 0.2) is 11.5 Å². The standard InChI is InChI=1S/C11H11BrN8/c1-6(7-3-15-16-4-7)17-18-10-8-9(12)19-20(2)11(8)14-5-13-10/h3-5H,1-2H3,(H,15,16)(H,13,14,18)/b17-6+. The van der Waals surface area contributed by atoms with E-state index < -0.39 is 0 Å². The number of nitrogens with one attached hydrogen (secondary N) is 2. The quantitative estimate of drug-likeness (QED) is 0.561. The van der Waals surface area contributed by atoms with Gasteiger partial charge in [0.05, 0.1) is 17.3 Å². The molecule has 3 heterocycles. The Bertz CT molecular complexity index is 773. The van der Waals surface area contributed by atoms with Gasteiger partial charge in [0.2, 0.25) is 0 Å². The molecule has 0 unspecified atom stereocenters. The number of hydrazone groups is 1. The van der Waals surface area contributed by atoms with Crippen LogP contribution in [0.15, 0.2) is 28.4 Å². The van der Waals surface area contributed by atoms with E-state index in [0.29, 0.717) is 10.4 Å². The molecular formula is C11H11BrN8. The second kappa shape index (κ2) is 5.00. The van der Waals surface area contributed by atoms with Gasteiger partial charge < -0.3 is 0 Å². The fourth-order valence-electron chi connectivity index (χ4n) is 1.78. The van der Waals surface area contributed by atoms with Crippen molar-refractivity contribution in [1.29, 1.82) is 0 Å². The lowest BCUT2D eigenvalue weighted by Gasteiger charge is -2.02. The molecule has 0 saturated heterocycles. The van der Waals surface area contributed by atoms with Gasteiger partial charge in [-0.2, -0.15) is 15.3 Å². The normalized spacial score (nSPS) is 12.1. The van der Waals surface area contributed by atoms with E-state index in [9.17, 15) is 0 Å². The summed E-state index contributed by atoms with van der Waals surface area (Å²) in [5.41, 5.74) is 5.38. The Hall–Kier alpha value is -2.29. The van der Waals surface area contributed by atoms with Crippen LogP contribution in [-0.4, -0.2) is 35.7 Å². The van der Waals surface area contributed by atoms with E-state index >= 15 is 0 Å². The molecule has 20 heavy (non-hydrogen) atoms. The summed E-state index contributed by atoms with van der Waals surface area (Å²) in [5, 5.41) is 16.0. The number of H-pyrrole nitrogens is 1. The Morgan fingerprint density at radius 2 is 2.30 bits per heavy atom. The Kier molecular flexibility index (Phi) is 3.18. The van der Waals surface area contributed by atoms with E-state index in [2.05, 4.69) is 51.7 Å². The van der Waals surface area contributed by atoms with E-state index in [0.717, 1.165) is 22.3 Å². The van der Waals surface area contributed by atoms with Gasteiger partial charge in [-0.1, -0.05) is 0 Å². The van der Waals surface area contributed by atoms with Crippen molar-refractivity contribution >= 4 is 38.5 Å². The Morgan fingerprint density at radius 3 is 3.05 bits per heavy atom. The third-order valence-corrected chi connectivity index (χ3v) is 3.38. The van der Waals surface area contributed by atoms with Crippen LogP contribution >= 0.6 is 15.9 Å². The number of hydrogen-bond acceptors (Lipinski definition) is 6. The summed E-state index contributed by atoms with van der Waals surface area (Å²) in [6.07, 6.45) is 4.95. The second-order valence-corrected chi connectivity index (χ2v) is 4.88. The van der Waals surface area contributed by atoms with Crippen molar-refractivity contribution in [3.05, 3.63) is 28.9 Å². The van der Waals surface area contributed by atoms with Crippen LogP contribution in [0.1, 0.15) is 12.5 Å². The minimum Gasteiger partial charge on any atom is -0.285 e. The SMILES string of the molecule is C/C(=N\Nc1ncnc2c1c(Br)nn2C)c1cn[nH]c1. The van der Waals surface area contributed by atoms with Crippen LogP contribution in [0.5, 0.6) is 0 Å². The van der Waals surface area contributed by atoms with Crippen molar-refractivity contribution in [3.63, 3.8) is 0 Å². The maximum atomic E-state index is 4.30. The second-order valence-electron chi connectivity index (χ2n) is 4.13. The van der Waals surface area contributed by atoms with Crippen molar-refractivity contribution in [2.45, 2.75) is 6.92 Å². The van der Waals surface area contributed by atoms with Crippen LogP contribution in [0.2, 0.25) is 0 Å². The molecule has 0 aromatic carbocycles. The summed E-state index contributed by atoms with van der Waals surface area (Å²) in [6, 6.07) is 0. The summed E-state index contributed by atoms with van der Waals surface area (Å²) in [5.74, 6) is 0.595. The van der Waals surface area contributed by atoms with Crippen LogP contribution < -0.4 is 5.43 Å². The maximum absolute atomic E-state index is 4.30. The van der Waals surface area contributed by atoms with Gasteiger partial charge in [0, 0.05) is 18.8 Å². The molecule has 3 aromatic rings. The highest BCUT2D eigenvalue weighted by molar-refractivity contribution is 9.10. The van der Waals surface area contributed by atoms with Crippen LogP contribution in [0.3, 0.4) is 0 Å². The molecule has 0 spiro atoms. The summed E-state index contributed by atoms with van der Waals surface area (Å²) in [6.45, 7) is 1.88. The molecule has 8 nitrogen and oxygen atoms in total. The zero-order valence-corrected chi connectivity index (χ0v) is 12.4. The number of anilines is 1. The highest BCUT2D eigenvalue weighted by Crippen LogP contribution is 2.26. The van der Waals surface area contributed by atoms with Gasteiger partial charge in [-0.25, -0.2) is 14.6 Å². The zero-order valence-electron chi connectivity index (χ0n) is 10.8. The van der Waals surface area contributed by atoms with Gasteiger partial charge in [-0.05, 0) is 22.9 Å². The first-order valence-electron chi connectivity index (χ1n) is 5.79. The predicted molar refractivity (Wildman–Crippen MR) is 78.4 cm³/mol. The lowest BCUT2D eigenvalue weighted by Crippen LogP contribution is -2.01. The van der Waals surface area contributed by atoms with Gasteiger partial charge in [0.1, 0.15) is 10.9 Å². The van der Waals surface area contributed by atoms with Gasteiger partial charge in [-0.3, -0.25) is 10.5 Å². The average Bonchev–Trinajstić information content (AvgIpc) is 3.06. The van der Waals surface area contributed by atoms with Crippen molar-refractivity contribution in [3.8, 4) is 0 Å². The monoisotopic (exact) mass is 334 g/mol. The topological polar surface area (TPSA) is 96.7 Å². The molecule has 0 aliphatic carbocycles. The van der Waals surface area contributed by atoms with Crippen molar-refractivity contribution in [2.24, 2.45) is 12.1 Å². The lowest BCUT2D eigenvalue weighted by molar-refractivity contribution is 0.777.